The maximum absolute atomic E-state index is 13.0. The molecular formula is C20H15ClN2O2S. The Balaban J connectivity index is 1.81. The Morgan fingerprint density at radius 1 is 1.19 bits per heavy atom. The number of amides is 1. The molecule has 1 saturated heterocycles. The number of nitriles is 1. The van der Waals surface area contributed by atoms with Gasteiger partial charge in [0, 0.05) is 22.9 Å². The molecule has 26 heavy (non-hydrogen) atoms. The van der Waals surface area contributed by atoms with Crippen LogP contribution in [0.5, 0.6) is 0 Å². The minimum atomic E-state index is -1.43. The maximum Gasteiger partial charge on any atom is 0.231 e. The van der Waals surface area contributed by atoms with Gasteiger partial charge >= 0.3 is 0 Å². The average molecular weight is 383 g/mol. The Hall–Kier alpha value is -2.26. The largest absolute Gasteiger partial charge is 0.366 e. The number of carbonyl (C=O) groups excluding carboxylic acids is 1. The molecule has 2 aliphatic heterocycles. The molecule has 2 aliphatic rings. The smallest absolute Gasteiger partial charge is 0.231 e. The molecule has 1 fully saturated rings. The monoisotopic (exact) mass is 382 g/mol. The quantitative estimate of drug-likeness (QED) is 0.853. The van der Waals surface area contributed by atoms with E-state index in [4.69, 9.17) is 11.6 Å². The van der Waals surface area contributed by atoms with E-state index in [1.807, 2.05) is 30.3 Å². The standard InChI is InChI=1S/C20H15ClN2O2S/c21-15-8-6-13(7-9-15)16-10-18(24)23-19(17(16)11-22)26-12-20(23,25)14-4-2-1-3-5-14/h1-9,16,25H,10,12H2/t16-,20+/m0/s1. The second-order valence-corrected chi connectivity index (χ2v) is 7.74. The lowest BCUT2D eigenvalue weighted by atomic mass is 9.85. The summed E-state index contributed by atoms with van der Waals surface area (Å²) in [5.74, 6) is -0.201. The SMILES string of the molecule is N#CC1=C2SC[C@@](O)(c3ccccc3)N2C(=O)C[C@H]1c1ccc(Cl)cc1. The molecule has 2 aromatic carbocycles. The lowest BCUT2D eigenvalue weighted by Crippen LogP contribution is -2.48. The Morgan fingerprint density at radius 2 is 1.88 bits per heavy atom. The van der Waals surface area contributed by atoms with Gasteiger partial charge in [0.1, 0.15) is 0 Å². The third-order valence-corrected chi connectivity index (χ3v) is 6.29. The Labute approximate surface area is 160 Å². The number of thioether (sulfide) groups is 1. The van der Waals surface area contributed by atoms with Gasteiger partial charge < -0.3 is 5.11 Å². The van der Waals surface area contributed by atoms with Crippen LogP contribution in [0.1, 0.15) is 23.5 Å². The van der Waals surface area contributed by atoms with Gasteiger partial charge in [0.05, 0.1) is 22.4 Å². The fourth-order valence-corrected chi connectivity index (χ4v) is 5.01. The molecule has 4 nitrogen and oxygen atoms in total. The molecule has 0 aliphatic carbocycles. The highest BCUT2D eigenvalue weighted by Gasteiger charge is 2.51. The van der Waals surface area contributed by atoms with E-state index < -0.39 is 5.72 Å². The van der Waals surface area contributed by atoms with Crippen LogP contribution in [-0.4, -0.2) is 21.7 Å². The van der Waals surface area contributed by atoms with Crippen LogP contribution in [0.25, 0.3) is 0 Å². The number of benzene rings is 2. The molecule has 0 aromatic heterocycles. The predicted octanol–water partition coefficient (Wildman–Crippen LogP) is 3.98. The third kappa shape index (κ3) is 2.62. The molecule has 0 spiro atoms. The van der Waals surface area contributed by atoms with E-state index in [0.29, 0.717) is 26.9 Å². The maximum atomic E-state index is 13.0. The number of nitrogens with zero attached hydrogens (tertiary/aromatic N) is 2. The molecule has 4 rings (SSSR count). The topological polar surface area (TPSA) is 64.3 Å². The van der Waals surface area contributed by atoms with Crippen LogP contribution in [0.4, 0.5) is 0 Å². The summed E-state index contributed by atoms with van der Waals surface area (Å²) in [6, 6.07) is 18.6. The summed E-state index contributed by atoms with van der Waals surface area (Å²) in [4.78, 5) is 14.4. The van der Waals surface area contributed by atoms with E-state index in [9.17, 15) is 15.2 Å². The highest BCUT2D eigenvalue weighted by atomic mass is 35.5. The summed E-state index contributed by atoms with van der Waals surface area (Å²) < 4.78 is 0. The first-order valence-electron chi connectivity index (χ1n) is 8.18. The summed E-state index contributed by atoms with van der Waals surface area (Å²) in [6.07, 6.45) is 0.143. The van der Waals surface area contributed by atoms with Gasteiger partial charge in [-0.15, -0.1) is 11.8 Å². The van der Waals surface area contributed by atoms with E-state index in [2.05, 4.69) is 6.07 Å². The molecule has 0 unspecified atom stereocenters. The van der Waals surface area contributed by atoms with Gasteiger partial charge in [0.2, 0.25) is 5.91 Å². The summed E-state index contributed by atoms with van der Waals surface area (Å²) in [5, 5.41) is 22.2. The number of hydrogen-bond donors (Lipinski definition) is 1. The first-order chi connectivity index (χ1) is 12.5. The summed E-state index contributed by atoms with van der Waals surface area (Å²) in [5.41, 5.74) is 0.620. The molecule has 2 heterocycles. The first-order valence-corrected chi connectivity index (χ1v) is 9.54. The van der Waals surface area contributed by atoms with Crippen LogP contribution in [-0.2, 0) is 10.5 Å². The molecule has 2 atom stereocenters. The van der Waals surface area contributed by atoms with E-state index >= 15 is 0 Å². The van der Waals surface area contributed by atoms with Gasteiger partial charge in [-0.05, 0) is 17.7 Å². The Bertz CT molecular complexity index is 937. The molecule has 1 amide bonds. The predicted molar refractivity (Wildman–Crippen MR) is 101 cm³/mol. The van der Waals surface area contributed by atoms with Crippen LogP contribution < -0.4 is 0 Å². The summed E-state index contributed by atoms with van der Waals surface area (Å²) >= 11 is 7.31. The fourth-order valence-electron chi connectivity index (χ4n) is 3.52. The van der Waals surface area contributed by atoms with E-state index in [1.165, 1.54) is 16.7 Å². The normalized spacial score (nSPS) is 25.2. The summed E-state index contributed by atoms with van der Waals surface area (Å²) in [7, 11) is 0. The highest BCUT2D eigenvalue weighted by Crippen LogP contribution is 2.51. The van der Waals surface area contributed by atoms with Crippen molar-refractivity contribution in [2.75, 3.05) is 5.75 Å². The number of rotatable bonds is 2. The molecule has 0 radical (unpaired) electrons. The van der Waals surface area contributed by atoms with Gasteiger partial charge in [-0.2, -0.15) is 5.26 Å². The van der Waals surface area contributed by atoms with Crippen molar-refractivity contribution in [1.82, 2.24) is 4.90 Å². The zero-order valence-corrected chi connectivity index (χ0v) is 15.3. The van der Waals surface area contributed by atoms with Crippen molar-refractivity contribution in [3.63, 3.8) is 0 Å². The van der Waals surface area contributed by atoms with Crippen molar-refractivity contribution in [2.45, 2.75) is 18.1 Å². The molecule has 130 valence electrons. The molecule has 2 aromatic rings. The minimum Gasteiger partial charge on any atom is -0.366 e. The minimum absolute atomic E-state index is 0.143. The van der Waals surface area contributed by atoms with Gasteiger partial charge in [-0.25, -0.2) is 0 Å². The van der Waals surface area contributed by atoms with Gasteiger partial charge in [-0.1, -0.05) is 54.1 Å². The van der Waals surface area contributed by atoms with Crippen molar-refractivity contribution >= 4 is 29.3 Å². The number of halogens is 1. The van der Waals surface area contributed by atoms with E-state index in [0.717, 1.165) is 5.56 Å². The zero-order chi connectivity index (χ0) is 18.3. The van der Waals surface area contributed by atoms with Crippen LogP contribution in [0, 0.1) is 11.3 Å². The zero-order valence-electron chi connectivity index (χ0n) is 13.7. The Kier molecular flexibility index (Phi) is 4.28. The molecular weight excluding hydrogens is 368 g/mol. The number of allylic oxidation sites excluding steroid dienone is 1. The van der Waals surface area contributed by atoms with Crippen molar-refractivity contribution in [3.05, 3.63) is 81.3 Å². The van der Waals surface area contributed by atoms with E-state index in [-0.39, 0.29) is 18.2 Å². The molecule has 1 N–H and O–H groups in total. The molecule has 0 bridgehead atoms. The number of carbonyl (C=O) groups is 1. The van der Waals surface area contributed by atoms with Gasteiger partial charge in [-0.3, -0.25) is 9.69 Å². The second kappa shape index (κ2) is 6.48. The number of aliphatic hydroxyl groups is 1. The van der Waals surface area contributed by atoms with Gasteiger partial charge in [0.15, 0.2) is 5.72 Å². The van der Waals surface area contributed by atoms with Crippen molar-refractivity contribution in [1.29, 1.82) is 5.26 Å². The fraction of sp³-hybridized carbons (Fsp3) is 0.200. The molecule has 0 saturated carbocycles. The first kappa shape index (κ1) is 17.2. The van der Waals surface area contributed by atoms with Crippen LogP contribution in [0.15, 0.2) is 65.2 Å². The lowest BCUT2D eigenvalue weighted by molar-refractivity contribution is -0.149. The van der Waals surface area contributed by atoms with Crippen molar-refractivity contribution in [3.8, 4) is 6.07 Å². The van der Waals surface area contributed by atoms with Crippen LogP contribution >= 0.6 is 23.4 Å². The third-order valence-electron chi connectivity index (χ3n) is 4.82. The number of fused-ring (bicyclic) bond motifs is 1. The highest BCUT2D eigenvalue weighted by molar-refractivity contribution is 8.03. The summed E-state index contributed by atoms with van der Waals surface area (Å²) in [6.45, 7) is 0. The van der Waals surface area contributed by atoms with Crippen molar-refractivity contribution < 1.29 is 9.90 Å². The number of hydrogen-bond acceptors (Lipinski definition) is 4. The lowest BCUT2D eigenvalue weighted by Gasteiger charge is -2.38. The van der Waals surface area contributed by atoms with Gasteiger partial charge in [0.25, 0.3) is 0 Å². The van der Waals surface area contributed by atoms with E-state index in [1.54, 1.807) is 24.3 Å². The van der Waals surface area contributed by atoms with Crippen LogP contribution in [0.3, 0.4) is 0 Å². The Morgan fingerprint density at radius 3 is 2.54 bits per heavy atom. The second-order valence-electron chi connectivity index (χ2n) is 6.34. The van der Waals surface area contributed by atoms with Crippen molar-refractivity contribution in [2.24, 2.45) is 0 Å². The van der Waals surface area contributed by atoms with Crippen LogP contribution in [0.2, 0.25) is 5.02 Å². The molecule has 6 heteroatoms. The average Bonchev–Trinajstić information content (AvgIpc) is 3.02.